The minimum Gasteiger partial charge on any atom is -0.462 e. The molecule has 64 heavy (non-hydrogen) atoms. The van der Waals surface area contributed by atoms with E-state index in [2.05, 4.69) is 26.0 Å². The van der Waals surface area contributed by atoms with Gasteiger partial charge in [0.15, 0.2) is 12.4 Å². The van der Waals surface area contributed by atoms with Crippen LogP contribution in [-0.4, -0.2) is 96.0 Å². The van der Waals surface area contributed by atoms with Gasteiger partial charge in [-0.2, -0.15) is 8.42 Å². The summed E-state index contributed by atoms with van der Waals surface area (Å²) in [4.78, 5) is 25.5. The predicted molar refractivity (Wildman–Crippen MR) is 257 cm³/mol. The van der Waals surface area contributed by atoms with Crippen LogP contribution in [0.4, 0.5) is 0 Å². The average Bonchev–Trinajstić information content (AvgIpc) is 3.26. The van der Waals surface area contributed by atoms with Gasteiger partial charge in [-0.3, -0.25) is 14.1 Å². The molecule has 1 saturated heterocycles. The average molecular weight is 933 g/mol. The molecule has 6 atom stereocenters. The molecule has 13 heteroatoms. The Kier molecular flexibility index (Phi) is 39.2. The van der Waals surface area contributed by atoms with E-state index in [0.29, 0.717) is 12.8 Å². The highest BCUT2D eigenvalue weighted by Gasteiger charge is 2.46. The lowest BCUT2D eigenvalue weighted by Gasteiger charge is -2.40. The van der Waals surface area contributed by atoms with Crippen molar-refractivity contribution in [2.45, 2.75) is 282 Å². The van der Waals surface area contributed by atoms with Crippen molar-refractivity contribution >= 4 is 22.1 Å². The molecule has 1 aliphatic rings. The van der Waals surface area contributed by atoms with Crippen molar-refractivity contribution in [3.63, 3.8) is 0 Å². The van der Waals surface area contributed by atoms with E-state index in [4.69, 9.17) is 18.9 Å². The largest absolute Gasteiger partial charge is 0.462 e. The van der Waals surface area contributed by atoms with Crippen LogP contribution in [0.3, 0.4) is 0 Å². The Morgan fingerprint density at radius 2 is 0.891 bits per heavy atom. The Bertz CT molecular complexity index is 1230. The number of aliphatic hydroxyl groups excluding tert-OH is 3. The highest BCUT2D eigenvalue weighted by molar-refractivity contribution is 7.85. The fourth-order valence-electron chi connectivity index (χ4n) is 8.26. The molecule has 0 aliphatic carbocycles. The van der Waals surface area contributed by atoms with Crippen molar-refractivity contribution in [1.29, 1.82) is 0 Å². The third-order valence-electron chi connectivity index (χ3n) is 12.3. The summed E-state index contributed by atoms with van der Waals surface area (Å²) in [5, 5.41) is 30.9. The van der Waals surface area contributed by atoms with Gasteiger partial charge in [0.25, 0.3) is 10.1 Å². The van der Waals surface area contributed by atoms with E-state index in [0.717, 1.165) is 44.9 Å². The SMILES string of the molecule is CCCCCCCC/C=C/CCCCCC(=O)O[C@H](COC(=O)CCCCCCCCCCCCCCCCCCCCCCCCC)CO[C@H]1O[C@H](CS(=O)(=O)O)[C@@H](O)C(O)C1O. The summed E-state index contributed by atoms with van der Waals surface area (Å²) in [6, 6.07) is 0. The van der Waals surface area contributed by atoms with Crippen LogP contribution in [0.15, 0.2) is 12.2 Å². The number of ether oxygens (including phenoxy) is 4. The van der Waals surface area contributed by atoms with Gasteiger partial charge < -0.3 is 34.3 Å². The number of carbonyl (C=O) groups is 2. The minimum absolute atomic E-state index is 0.148. The third kappa shape index (κ3) is 35.6. The quantitative estimate of drug-likeness (QED) is 0.0196. The maximum absolute atomic E-state index is 12.8. The highest BCUT2D eigenvalue weighted by atomic mass is 32.2. The lowest BCUT2D eigenvalue weighted by Crippen LogP contribution is -2.60. The molecule has 0 aromatic rings. The number of unbranched alkanes of at least 4 members (excludes halogenated alkanes) is 31. The summed E-state index contributed by atoms with van der Waals surface area (Å²) in [5.41, 5.74) is 0. The van der Waals surface area contributed by atoms with Crippen LogP contribution in [0.25, 0.3) is 0 Å². The smallest absolute Gasteiger partial charge is 0.306 e. The van der Waals surface area contributed by atoms with Crippen molar-refractivity contribution in [2.75, 3.05) is 19.0 Å². The second-order valence-electron chi connectivity index (χ2n) is 18.5. The van der Waals surface area contributed by atoms with Gasteiger partial charge in [-0.1, -0.05) is 206 Å². The second-order valence-corrected chi connectivity index (χ2v) is 20.0. The molecule has 1 rings (SSSR count). The zero-order valence-corrected chi connectivity index (χ0v) is 41.5. The summed E-state index contributed by atoms with van der Waals surface area (Å²) in [5.74, 6) is -1.99. The summed E-state index contributed by atoms with van der Waals surface area (Å²) in [7, 11) is -4.60. The number of aliphatic hydroxyl groups is 3. The van der Waals surface area contributed by atoms with E-state index in [1.54, 1.807) is 0 Å². The standard InChI is InChI=1S/C51H96O12S/c1-3-5-7-9-11-13-15-17-18-19-20-21-22-23-24-25-26-28-29-31-33-35-37-39-46(52)60-41-44(42-61-51-50(56)49(55)48(54)45(63-51)43-64(57,58)59)62-47(53)40-38-36-34-32-30-27-16-14-12-10-8-6-4-2/h27,30,44-45,48-51,54-56H,3-26,28-29,31-43H2,1-2H3,(H,57,58,59)/b30-27+/t44-,45-,48-,49?,50?,51+/m1/s1. The fraction of sp³-hybridized carbons (Fsp3) is 0.922. The Balaban J connectivity index is 2.31. The van der Waals surface area contributed by atoms with Gasteiger partial charge in [0, 0.05) is 12.8 Å². The van der Waals surface area contributed by atoms with Crippen molar-refractivity contribution in [2.24, 2.45) is 0 Å². The molecular formula is C51H96O12S. The first-order chi connectivity index (χ1) is 31.0. The Morgan fingerprint density at radius 3 is 1.31 bits per heavy atom. The highest BCUT2D eigenvalue weighted by Crippen LogP contribution is 2.24. The van der Waals surface area contributed by atoms with Crippen LogP contribution in [-0.2, 0) is 38.7 Å². The van der Waals surface area contributed by atoms with Crippen LogP contribution in [0.2, 0.25) is 0 Å². The zero-order chi connectivity index (χ0) is 46.9. The Hall–Kier alpha value is -1.61. The first kappa shape index (κ1) is 60.4. The Morgan fingerprint density at radius 1 is 0.516 bits per heavy atom. The van der Waals surface area contributed by atoms with Crippen LogP contribution < -0.4 is 0 Å². The second kappa shape index (κ2) is 41.6. The molecule has 1 heterocycles. The van der Waals surface area contributed by atoms with Crippen LogP contribution in [0, 0.1) is 0 Å². The van der Waals surface area contributed by atoms with E-state index in [9.17, 15) is 37.9 Å². The van der Waals surface area contributed by atoms with Gasteiger partial charge in [-0.25, -0.2) is 0 Å². The van der Waals surface area contributed by atoms with Crippen molar-refractivity contribution in [3.05, 3.63) is 12.2 Å². The summed E-state index contributed by atoms with van der Waals surface area (Å²) in [6.45, 7) is 3.78. The summed E-state index contributed by atoms with van der Waals surface area (Å²) in [6.07, 6.45) is 37.0. The lowest BCUT2D eigenvalue weighted by molar-refractivity contribution is -0.297. The maximum Gasteiger partial charge on any atom is 0.306 e. The van der Waals surface area contributed by atoms with Crippen LogP contribution >= 0.6 is 0 Å². The van der Waals surface area contributed by atoms with Gasteiger partial charge >= 0.3 is 11.9 Å². The van der Waals surface area contributed by atoms with E-state index >= 15 is 0 Å². The van der Waals surface area contributed by atoms with Crippen LogP contribution in [0.5, 0.6) is 0 Å². The summed E-state index contributed by atoms with van der Waals surface area (Å²) >= 11 is 0. The molecule has 2 unspecified atom stereocenters. The molecule has 0 amide bonds. The maximum atomic E-state index is 12.8. The zero-order valence-electron chi connectivity index (χ0n) is 40.7. The first-order valence-corrected chi connectivity index (χ1v) is 27.9. The van der Waals surface area contributed by atoms with E-state index in [1.165, 1.54) is 161 Å². The molecule has 4 N–H and O–H groups in total. The van der Waals surface area contributed by atoms with Gasteiger partial charge in [-0.05, 0) is 38.5 Å². The monoisotopic (exact) mass is 933 g/mol. The van der Waals surface area contributed by atoms with Gasteiger partial charge in [0.2, 0.25) is 0 Å². The molecule has 378 valence electrons. The number of rotatable bonds is 45. The number of allylic oxidation sites excluding steroid dienone is 2. The normalized spacial score (nSPS) is 19.6. The van der Waals surface area contributed by atoms with E-state index in [-0.39, 0.29) is 19.4 Å². The van der Waals surface area contributed by atoms with Gasteiger partial charge in [-0.15, -0.1) is 0 Å². The molecule has 0 spiro atoms. The predicted octanol–water partition coefficient (Wildman–Crippen LogP) is 11.8. The third-order valence-corrected chi connectivity index (χ3v) is 13.1. The summed E-state index contributed by atoms with van der Waals surface area (Å²) < 4.78 is 54.2. The number of hydrogen-bond acceptors (Lipinski definition) is 11. The molecular weight excluding hydrogens is 837 g/mol. The molecule has 0 aromatic heterocycles. The molecule has 0 aromatic carbocycles. The number of esters is 2. The molecule has 1 fully saturated rings. The lowest BCUT2D eigenvalue weighted by atomic mass is 10.00. The van der Waals surface area contributed by atoms with E-state index < -0.39 is 71.2 Å². The van der Waals surface area contributed by atoms with Crippen molar-refractivity contribution in [1.82, 2.24) is 0 Å². The molecule has 0 bridgehead atoms. The molecule has 0 radical (unpaired) electrons. The number of carbonyl (C=O) groups excluding carboxylic acids is 2. The fourth-order valence-corrected chi connectivity index (χ4v) is 8.95. The van der Waals surface area contributed by atoms with Crippen molar-refractivity contribution < 1.29 is 56.8 Å². The van der Waals surface area contributed by atoms with Crippen LogP contribution in [0.1, 0.15) is 245 Å². The van der Waals surface area contributed by atoms with Crippen molar-refractivity contribution in [3.8, 4) is 0 Å². The topological polar surface area (TPSA) is 186 Å². The number of hydrogen-bond donors (Lipinski definition) is 4. The Labute approximate surface area is 390 Å². The molecule has 1 aliphatic heterocycles. The van der Waals surface area contributed by atoms with Gasteiger partial charge in [0.1, 0.15) is 36.8 Å². The molecule has 0 saturated carbocycles. The minimum atomic E-state index is -4.60. The molecule has 12 nitrogen and oxygen atoms in total. The van der Waals surface area contributed by atoms with Gasteiger partial charge in [0.05, 0.1) is 6.61 Å². The first-order valence-electron chi connectivity index (χ1n) is 26.2. The van der Waals surface area contributed by atoms with E-state index in [1.807, 2.05) is 0 Å².